The second-order valence-electron chi connectivity index (χ2n) is 4.39. The normalized spacial score (nSPS) is 10.2. The van der Waals surface area contributed by atoms with Gasteiger partial charge < -0.3 is 14.5 Å². The molecule has 100 valence electrons. The number of rotatable bonds is 5. The van der Waals surface area contributed by atoms with Crippen LogP contribution in [0.3, 0.4) is 0 Å². The van der Waals surface area contributed by atoms with Crippen molar-refractivity contribution in [1.29, 1.82) is 0 Å². The van der Waals surface area contributed by atoms with E-state index in [0.717, 1.165) is 17.1 Å². The van der Waals surface area contributed by atoms with E-state index < -0.39 is 0 Å². The Balaban J connectivity index is 1.74. The second kappa shape index (κ2) is 6.09. The summed E-state index contributed by atoms with van der Waals surface area (Å²) >= 11 is 0. The Bertz CT molecular complexity index is 543. The lowest BCUT2D eigenvalue weighted by molar-refractivity contribution is -0.123. The van der Waals surface area contributed by atoms with Crippen LogP contribution in [0.25, 0.3) is 0 Å². The molecule has 0 aliphatic carbocycles. The zero-order chi connectivity index (χ0) is 13.7. The van der Waals surface area contributed by atoms with Gasteiger partial charge in [-0.3, -0.25) is 4.79 Å². The predicted molar refractivity (Wildman–Crippen MR) is 72.0 cm³/mol. The second-order valence-corrected chi connectivity index (χ2v) is 4.39. The summed E-state index contributed by atoms with van der Waals surface area (Å²) in [7, 11) is 0. The van der Waals surface area contributed by atoms with Crippen LogP contribution in [-0.4, -0.2) is 12.5 Å². The van der Waals surface area contributed by atoms with Crippen molar-refractivity contribution < 1.29 is 13.9 Å². The number of amides is 1. The highest BCUT2D eigenvalue weighted by Gasteiger charge is 2.04. The third-order valence-corrected chi connectivity index (χ3v) is 2.65. The van der Waals surface area contributed by atoms with Gasteiger partial charge in [-0.25, -0.2) is 0 Å². The van der Waals surface area contributed by atoms with Gasteiger partial charge in [0.15, 0.2) is 6.61 Å². The van der Waals surface area contributed by atoms with E-state index in [0.29, 0.717) is 12.3 Å². The van der Waals surface area contributed by atoms with Crippen molar-refractivity contribution in [2.24, 2.45) is 0 Å². The molecule has 0 radical (unpaired) electrons. The summed E-state index contributed by atoms with van der Waals surface area (Å²) in [6.07, 6.45) is 0. The average Bonchev–Trinajstić information content (AvgIpc) is 2.81. The molecular formula is C15H17NO3. The summed E-state index contributed by atoms with van der Waals surface area (Å²) in [5.41, 5.74) is 1.16. The highest BCUT2D eigenvalue weighted by atomic mass is 16.5. The maximum absolute atomic E-state index is 11.6. The van der Waals surface area contributed by atoms with Gasteiger partial charge in [0, 0.05) is 0 Å². The van der Waals surface area contributed by atoms with Gasteiger partial charge in [0.25, 0.3) is 5.91 Å². The van der Waals surface area contributed by atoms with E-state index in [1.54, 1.807) is 0 Å². The van der Waals surface area contributed by atoms with Crippen molar-refractivity contribution >= 4 is 5.91 Å². The predicted octanol–water partition coefficient (Wildman–Crippen LogP) is 2.59. The molecule has 19 heavy (non-hydrogen) atoms. The Labute approximate surface area is 112 Å². The van der Waals surface area contributed by atoms with E-state index in [2.05, 4.69) is 5.32 Å². The Morgan fingerprint density at radius 3 is 2.53 bits per heavy atom. The van der Waals surface area contributed by atoms with Gasteiger partial charge in [0.05, 0.1) is 6.54 Å². The van der Waals surface area contributed by atoms with Crippen LogP contribution in [0.1, 0.15) is 17.1 Å². The van der Waals surface area contributed by atoms with Crippen LogP contribution >= 0.6 is 0 Å². The number of ether oxygens (including phenoxy) is 1. The molecule has 0 saturated heterocycles. The number of furan rings is 1. The van der Waals surface area contributed by atoms with Gasteiger partial charge in [-0.2, -0.15) is 0 Å². The Morgan fingerprint density at radius 1 is 1.16 bits per heavy atom. The van der Waals surface area contributed by atoms with E-state index >= 15 is 0 Å². The van der Waals surface area contributed by atoms with Gasteiger partial charge in [0.1, 0.15) is 17.3 Å². The zero-order valence-corrected chi connectivity index (χ0v) is 11.1. The van der Waals surface area contributed by atoms with Crippen molar-refractivity contribution in [3.8, 4) is 5.75 Å². The van der Waals surface area contributed by atoms with Crippen LogP contribution in [0, 0.1) is 13.8 Å². The lowest BCUT2D eigenvalue weighted by Gasteiger charge is -2.06. The summed E-state index contributed by atoms with van der Waals surface area (Å²) < 4.78 is 10.7. The molecule has 4 nitrogen and oxygen atoms in total. The lowest BCUT2D eigenvalue weighted by atomic mass is 10.2. The summed E-state index contributed by atoms with van der Waals surface area (Å²) in [6.45, 7) is 4.25. The number of nitrogens with one attached hydrogen (secondary N) is 1. The molecule has 2 rings (SSSR count). The topological polar surface area (TPSA) is 51.5 Å². The minimum atomic E-state index is -0.172. The number of carbonyl (C=O) groups excluding carboxylic acids is 1. The smallest absolute Gasteiger partial charge is 0.258 e. The van der Waals surface area contributed by atoms with Crippen molar-refractivity contribution in [3.63, 3.8) is 0 Å². The molecule has 0 unspecified atom stereocenters. The van der Waals surface area contributed by atoms with Gasteiger partial charge in [0.2, 0.25) is 0 Å². The van der Waals surface area contributed by atoms with E-state index in [-0.39, 0.29) is 12.5 Å². The number of hydrogen-bond acceptors (Lipinski definition) is 3. The molecule has 0 aliphatic heterocycles. The van der Waals surface area contributed by atoms with Crippen LogP contribution in [-0.2, 0) is 11.3 Å². The van der Waals surface area contributed by atoms with Gasteiger partial charge in [-0.05, 0) is 38.1 Å². The summed E-state index contributed by atoms with van der Waals surface area (Å²) in [5.74, 6) is 2.09. The molecule has 0 bridgehead atoms. The maximum atomic E-state index is 11.6. The first kappa shape index (κ1) is 13.2. The van der Waals surface area contributed by atoms with Gasteiger partial charge in [-0.15, -0.1) is 0 Å². The number of hydrogen-bond donors (Lipinski definition) is 1. The molecule has 4 heteroatoms. The summed E-state index contributed by atoms with van der Waals surface area (Å²) in [4.78, 5) is 11.6. The number of benzene rings is 1. The molecule has 2 aromatic rings. The summed E-state index contributed by atoms with van der Waals surface area (Å²) in [5, 5.41) is 2.74. The van der Waals surface area contributed by atoms with Crippen molar-refractivity contribution in [3.05, 3.63) is 53.5 Å². The molecule has 1 aromatic carbocycles. The highest BCUT2D eigenvalue weighted by Crippen LogP contribution is 2.11. The van der Waals surface area contributed by atoms with E-state index in [1.807, 2.05) is 50.2 Å². The third kappa shape index (κ3) is 4.17. The first-order valence-corrected chi connectivity index (χ1v) is 6.15. The van der Waals surface area contributed by atoms with Crippen molar-refractivity contribution in [1.82, 2.24) is 5.32 Å². The van der Waals surface area contributed by atoms with Crippen LogP contribution in [0.15, 0.2) is 40.8 Å². The molecule has 1 aromatic heterocycles. The van der Waals surface area contributed by atoms with Crippen LogP contribution < -0.4 is 10.1 Å². The van der Waals surface area contributed by atoms with Crippen molar-refractivity contribution in [2.75, 3.05) is 6.61 Å². The molecule has 1 N–H and O–H groups in total. The zero-order valence-electron chi connectivity index (χ0n) is 11.1. The fraction of sp³-hybridized carbons (Fsp3) is 0.267. The Hall–Kier alpha value is -2.23. The average molecular weight is 259 g/mol. The van der Waals surface area contributed by atoms with E-state index in [1.165, 1.54) is 0 Å². The maximum Gasteiger partial charge on any atom is 0.258 e. The minimum absolute atomic E-state index is 0.00273. The fourth-order valence-electron chi connectivity index (χ4n) is 1.60. The van der Waals surface area contributed by atoms with Crippen molar-refractivity contribution in [2.45, 2.75) is 20.4 Å². The highest BCUT2D eigenvalue weighted by molar-refractivity contribution is 5.77. The first-order valence-electron chi connectivity index (χ1n) is 6.15. The van der Waals surface area contributed by atoms with Gasteiger partial charge >= 0.3 is 0 Å². The Kier molecular flexibility index (Phi) is 4.23. The quantitative estimate of drug-likeness (QED) is 0.898. The first-order chi connectivity index (χ1) is 9.13. The summed E-state index contributed by atoms with van der Waals surface area (Å²) in [6, 6.07) is 11.3. The molecule has 0 spiro atoms. The SMILES string of the molecule is Cc1ccc(OCC(=O)NCc2ccc(C)o2)cc1. The number of aryl methyl sites for hydroxylation is 2. The monoisotopic (exact) mass is 259 g/mol. The molecule has 0 fully saturated rings. The van der Waals surface area contributed by atoms with E-state index in [9.17, 15) is 4.79 Å². The standard InChI is InChI=1S/C15H17NO3/c1-11-3-6-13(7-4-11)18-10-15(17)16-9-14-8-5-12(2)19-14/h3-8H,9-10H2,1-2H3,(H,16,17). The molecule has 0 aliphatic rings. The third-order valence-electron chi connectivity index (χ3n) is 2.65. The van der Waals surface area contributed by atoms with Crippen LogP contribution in [0.5, 0.6) is 5.75 Å². The molecule has 1 amide bonds. The molecule has 0 atom stereocenters. The largest absolute Gasteiger partial charge is 0.484 e. The molecule has 1 heterocycles. The van der Waals surface area contributed by atoms with Crippen LogP contribution in [0.4, 0.5) is 0 Å². The fourth-order valence-corrected chi connectivity index (χ4v) is 1.60. The van der Waals surface area contributed by atoms with Crippen LogP contribution in [0.2, 0.25) is 0 Å². The minimum Gasteiger partial charge on any atom is -0.484 e. The number of carbonyl (C=O) groups is 1. The lowest BCUT2D eigenvalue weighted by Crippen LogP contribution is -2.28. The molecule has 0 saturated carbocycles. The molecular weight excluding hydrogens is 242 g/mol. The van der Waals surface area contributed by atoms with E-state index in [4.69, 9.17) is 9.15 Å². The Morgan fingerprint density at radius 2 is 1.89 bits per heavy atom. The van der Waals surface area contributed by atoms with Gasteiger partial charge in [-0.1, -0.05) is 17.7 Å².